The number of halogens is 1. The Morgan fingerprint density at radius 2 is 1.77 bits per heavy atom. The van der Waals surface area contributed by atoms with Gasteiger partial charge in [-0.25, -0.2) is 0 Å². The summed E-state index contributed by atoms with van der Waals surface area (Å²) in [6.07, 6.45) is 4.52. The van der Waals surface area contributed by atoms with Crippen LogP contribution in [0.3, 0.4) is 0 Å². The summed E-state index contributed by atoms with van der Waals surface area (Å²) < 4.78 is 6.70. The molecule has 3 unspecified atom stereocenters. The van der Waals surface area contributed by atoms with E-state index in [0.29, 0.717) is 25.9 Å². The van der Waals surface area contributed by atoms with E-state index >= 15 is 0 Å². The van der Waals surface area contributed by atoms with Gasteiger partial charge in [-0.05, 0) is 44.4 Å². The van der Waals surface area contributed by atoms with Crippen molar-refractivity contribution in [2.75, 3.05) is 26.7 Å². The number of likely N-dealkylation sites (N-methyl/N-ethyl adjacent to an activating group) is 1. The number of fused-ring (bicyclic) bond motifs is 1. The van der Waals surface area contributed by atoms with Crippen LogP contribution in [0.25, 0.3) is 0 Å². The highest BCUT2D eigenvalue weighted by Crippen LogP contribution is 2.61. The van der Waals surface area contributed by atoms with Crippen molar-refractivity contribution in [2.45, 2.75) is 102 Å². The average molecular weight is 625 g/mol. The molecule has 40 heavy (non-hydrogen) atoms. The lowest BCUT2D eigenvalue weighted by Crippen LogP contribution is -2.62. The van der Waals surface area contributed by atoms with Gasteiger partial charge in [0, 0.05) is 30.5 Å². The molecule has 0 radical (unpaired) electrons. The fraction of sp³-hybridized carbons (Fsp3) is 0.774. The van der Waals surface area contributed by atoms with E-state index < -0.39 is 41.2 Å². The van der Waals surface area contributed by atoms with E-state index in [1.807, 2.05) is 32.6 Å². The van der Waals surface area contributed by atoms with Crippen LogP contribution in [0, 0.1) is 23.2 Å². The summed E-state index contributed by atoms with van der Waals surface area (Å²) in [6, 6.07) is -1.54. The van der Waals surface area contributed by atoms with Crippen molar-refractivity contribution in [1.29, 1.82) is 0 Å². The third-order valence-electron chi connectivity index (χ3n) is 8.64. The minimum Gasteiger partial charge on any atom is -0.394 e. The number of carbonyl (C=O) groups is 3. The third-order valence-corrected chi connectivity index (χ3v) is 9.49. The van der Waals surface area contributed by atoms with Gasteiger partial charge in [0.25, 0.3) is 0 Å². The van der Waals surface area contributed by atoms with E-state index in [1.54, 1.807) is 29.0 Å². The van der Waals surface area contributed by atoms with Crippen LogP contribution in [0.4, 0.5) is 0 Å². The Morgan fingerprint density at radius 3 is 2.27 bits per heavy atom. The molecular weight excluding hydrogens is 574 g/mol. The maximum atomic E-state index is 14.9. The van der Waals surface area contributed by atoms with Crippen molar-refractivity contribution < 1.29 is 24.2 Å². The molecule has 0 saturated carbocycles. The van der Waals surface area contributed by atoms with Crippen LogP contribution in [0.1, 0.15) is 67.7 Å². The van der Waals surface area contributed by atoms with Gasteiger partial charge < -0.3 is 24.5 Å². The van der Waals surface area contributed by atoms with Crippen LogP contribution < -0.4 is 0 Å². The van der Waals surface area contributed by atoms with Gasteiger partial charge in [-0.2, -0.15) is 0 Å². The zero-order chi connectivity index (χ0) is 30.4. The minimum atomic E-state index is -1.18. The molecule has 1 N–H and O–H groups in total. The van der Waals surface area contributed by atoms with E-state index in [2.05, 4.69) is 49.9 Å². The van der Waals surface area contributed by atoms with Crippen LogP contribution in [0.2, 0.25) is 0 Å². The monoisotopic (exact) mass is 623 g/mol. The summed E-state index contributed by atoms with van der Waals surface area (Å²) >= 11 is 3.75. The highest BCUT2D eigenvalue weighted by molar-refractivity contribution is 9.09. The summed E-state index contributed by atoms with van der Waals surface area (Å²) in [4.78, 5) is 47.9. The highest BCUT2D eigenvalue weighted by Gasteiger charge is 2.77. The maximum Gasteiger partial charge on any atom is 0.249 e. The number of aliphatic hydroxyl groups is 1. The fourth-order valence-electron chi connectivity index (χ4n) is 7.69. The maximum absolute atomic E-state index is 14.9. The number of carbonyl (C=O) groups excluding carboxylic acids is 3. The van der Waals surface area contributed by atoms with Gasteiger partial charge in [-0.15, -0.1) is 13.2 Å². The second-order valence-electron chi connectivity index (χ2n) is 14.2. The lowest BCUT2D eigenvalue weighted by molar-refractivity contribution is -0.156. The van der Waals surface area contributed by atoms with E-state index in [0.717, 1.165) is 6.42 Å². The molecule has 0 aromatic rings. The Morgan fingerprint density at radius 1 is 1.18 bits per heavy atom. The molecule has 3 amide bonds. The number of likely N-dealkylation sites (tertiary alicyclic amines) is 1. The molecule has 7 atom stereocenters. The van der Waals surface area contributed by atoms with Crippen LogP contribution in [0.15, 0.2) is 25.3 Å². The number of hydrogen-bond acceptors (Lipinski definition) is 5. The number of amides is 3. The molecule has 0 aliphatic carbocycles. The second kappa shape index (κ2) is 11.9. The molecule has 0 aromatic carbocycles. The van der Waals surface area contributed by atoms with Gasteiger partial charge in [-0.3, -0.25) is 14.4 Å². The van der Waals surface area contributed by atoms with Crippen LogP contribution in [0.5, 0.6) is 0 Å². The first kappa shape index (κ1) is 32.8. The molecule has 1 spiro atoms. The van der Waals surface area contributed by atoms with Crippen molar-refractivity contribution in [2.24, 2.45) is 23.2 Å². The number of aliphatic hydroxyl groups excluding tert-OH is 1. The number of ether oxygens (including phenoxy) is 1. The van der Waals surface area contributed by atoms with Gasteiger partial charge >= 0.3 is 0 Å². The molecule has 0 aromatic heterocycles. The van der Waals surface area contributed by atoms with Crippen molar-refractivity contribution in [3.63, 3.8) is 0 Å². The summed E-state index contributed by atoms with van der Waals surface area (Å²) in [7, 11) is 1.70. The summed E-state index contributed by atoms with van der Waals surface area (Å²) in [6.45, 7) is 22.6. The molecular formula is C31H50BrN3O5. The van der Waals surface area contributed by atoms with Crippen molar-refractivity contribution in [1.82, 2.24) is 14.7 Å². The first-order valence-corrected chi connectivity index (χ1v) is 15.4. The number of alkyl halides is 1. The molecule has 3 aliphatic rings. The molecule has 2 bridgehead atoms. The lowest BCUT2D eigenvalue weighted by atomic mass is 9.70. The van der Waals surface area contributed by atoms with Crippen LogP contribution in [-0.2, 0) is 19.1 Å². The summed E-state index contributed by atoms with van der Waals surface area (Å²) in [5, 5.41) is 10.6. The Bertz CT molecular complexity index is 1010. The lowest BCUT2D eigenvalue weighted by Gasteiger charge is -2.46. The normalized spacial score (nSPS) is 30.4. The highest BCUT2D eigenvalue weighted by atomic mass is 79.9. The molecule has 3 aliphatic heterocycles. The molecule has 3 rings (SSSR count). The van der Waals surface area contributed by atoms with Gasteiger partial charge in [0.1, 0.15) is 11.6 Å². The molecule has 8 nitrogen and oxygen atoms in total. The smallest absolute Gasteiger partial charge is 0.249 e. The standard InChI is InChI=1S/C31H50BrN3O5/c1-11-13-33(10)26(37)22-23-27(38)35(20(17-36)15-19(3)4)25(31(23)16-21(32)24(22)40-31)28(39)34(14-12-2)30(8,9)18-29(5,6)7/h11-12,19-25,36H,1-2,13-18H2,3-10H3/t20-,21?,22-,23+,24-,25?,31?/m1/s1. The second-order valence-corrected chi connectivity index (χ2v) is 15.3. The number of rotatable bonds is 12. The average Bonchev–Trinajstić information content (AvgIpc) is 3.41. The molecule has 9 heteroatoms. The Balaban J connectivity index is 2.19. The van der Waals surface area contributed by atoms with Crippen molar-refractivity contribution in [3.8, 4) is 0 Å². The van der Waals surface area contributed by atoms with Gasteiger partial charge in [0.2, 0.25) is 17.7 Å². The van der Waals surface area contributed by atoms with Gasteiger partial charge in [0.15, 0.2) is 0 Å². The summed E-state index contributed by atoms with van der Waals surface area (Å²) in [5.41, 5.74) is -1.79. The Hall–Kier alpha value is -1.71. The zero-order valence-corrected chi connectivity index (χ0v) is 27.2. The number of nitrogens with zero attached hydrogens (tertiary/aromatic N) is 3. The Labute approximate surface area is 249 Å². The fourth-order valence-corrected chi connectivity index (χ4v) is 8.63. The SMILES string of the molecule is C=CCN(C)C(=O)[C@H]1[C@@H]2OC3(CC2Br)C(C(=O)N(CC=C)C(C)(C)CC(C)(C)C)N([C@@H](CO)CC(C)C)C(=O)[C@H]13. The molecule has 3 heterocycles. The first-order chi connectivity index (χ1) is 18.5. The van der Waals surface area contributed by atoms with Crippen LogP contribution >= 0.6 is 15.9 Å². The quantitative estimate of drug-likeness (QED) is 0.262. The summed E-state index contributed by atoms with van der Waals surface area (Å²) in [5.74, 6) is -2.06. The molecule has 226 valence electrons. The topological polar surface area (TPSA) is 90.4 Å². The van der Waals surface area contributed by atoms with Crippen molar-refractivity contribution in [3.05, 3.63) is 25.3 Å². The van der Waals surface area contributed by atoms with E-state index in [1.165, 1.54) is 0 Å². The largest absolute Gasteiger partial charge is 0.394 e. The number of hydrogen-bond donors (Lipinski definition) is 1. The van der Waals surface area contributed by atoms with E-state index in [4.69, 9.17) is 4.74 Å². The molecule has 3 saturated heterocycles. The Kier molecular flexibility index (Phi) is 9.74. The zero-order valence-electron chi connectivity index (χ0n) is 25.7. The van der Waals surface area contributed by atoms with Gasteiger partial charge in [-0.1, -0.05) is 62.7 Å². The molecule has 3 fully saturated rings. The van der Waals surface area contributed by atoms with E-state index in [-0.39, 0.29) is 40.5 Å². The van der Waals surface area contributed by atoms with E-state index in [9.17, 15) is 19.5 Å². The van der Waals surface area contributed by atoms with Gasteiger partial charge in [0.05, 0.1) is 30.6 Å². The minimum absolute atomic E-state index is 0.0585. The predicted molar refractivity (Wildman–Crippen MR) is 161 cm³/mol. The third kappa shape index (κ3) is 5.80. The van der Waals surface area contributed by atoms with Crippen molar-refractivity contribution >= 4 is 33.7 Å². The van der Waals surface area contributed by atoms with Crippen LogP contribution in [-0.4, -0.2) is 98.4 Å². The predicted octanol–water partition coefficient (Wildman–Crippen LogP) is 4.02. The first-order valence-electron chi connectivity index (χ1n) is 14.5.